The van der Waals surface area contributed by atoms with Crippen molar-refractivity contribution in [2.45, 2.75) is 13.8 Å². The summed E-state index contributed by atoms with van der Waals surface area (Å²) in [4.78, 5) is 22.9. The molecule has 4 N–H and O–H groups in total. The molecule has 1 aromatic carbocycles. The lowest BCUT2D eigenvalue weighted by atomic mass is 10.0. The molecule has 1 amide bonds. The minimum atomic E-state index is -0.645. The molecule has 1 aromatic heterocycles. The van der Waals surface area contributed by atoms with E-state index in [1.54, 1.807) is 0 Å². The summed E-state index contributed by atoms with van der Waals surface area (Å²) in [5.74, 6) is 4.39. The second-order valence-electron chi connectivity index (χ2n) is 4.27. The topological polar surface area (TPSA) is 101 Å². The van der Waals surface area contributed by atoms with E-state index in [4.69, 9.17) is 5.84 Å². The van der Waals surface area contributed by atoms with Crippen LogP contribution >= 0.6 is 0 Å². The average molecular weight is 258 g/mol. The van der Waals surface area contributed by atoms with Gasteiger partial charge in [-0.3, -0.25) is 15.0 Å². The highest BCUT2D eigenvalue weighted by Gasteiger charge is 2.12. The number of aromatic nitrogens is 2. The van der Waals surface area contributed by atoms with E-state index in [1.165, 1.54) is 6.07 Å². The Morgan fingerprint density at radius 2 is 2.00 bits per heavy atom. The summed E-state index contributed by atoms with van der Waals surface area (Å²) in [6.45, 7) is 3.99. The number of hydrogen-bond donors (Lipinski definition) is 3. The average Bonchev–Trinajstić information content (AvgIpc) is 2.41. The maximum Gasteiger partial charge on any atom is 0.277 e. The van der Waals surface area contributed by atoms with Gasteiger partial charge in [0.15, 0.2) is 0 Å². The lowest BCUT2D eigenvalue weighted by molar-refractivity contribution is 0.0952. The van der Waals surface area contributed by atoms with Gasteiger partial charge in [0.25, 0.3) is 11.5 Å². The molecular weight excluding hydrogens is 244 g/mol. The number of carbonyl (C=O) groups excluding carboxylic acids is 1. The summed E-state index contributed by atoms with van der Waals surface area (Å²) in [7, 11) is 0. The van der Waals surface area contributed by atoms with Gasteiger partial charge in [-0.05, 0) is 37.1 Å². The van der Waals surface area contributed by atoms with E-state index in [9.17, 15) is 9.59 Å². The first-order chi connectivity index (χ1) is 9.02. The monoisotopic (exact) mass is 258 g/mol. The molecule has 0 aliphatic rings. The van der Waals surface area contributed by atoms with Crippen molar-refractivity contribution < 1.29 is 4.79 Å². The number of hydrazine groups is 1. The zero-order valence-electron chi connectivity index (χ0n) is 10.7. The van der Waals surface area contributed by atoms with Crippen LogP contribution in [0.1, 0.15) is 21.5 Å². The standard InChI is InChI=1S/C13H14N4O2/c1-7-3-4-9(5-8(7)2)11-6-10(12(18)15-14)13(19)17-16-11/h3-6H,14H2,1-2H3,(H,15,18)(H,17,19). The molecule has 0 spiro atoms. The first kappa shape index (κ1) is 13.0. The summed E-state index contributed by atoms with van der Waals surface area (Å²) in [6.07, 6.45) is 0. The first-order valence-electron chi connectivity index (χ1n) is 5.71. The van der Waals surface area contributed by atoms with Crippen LogP contribution in [0.25, 0.3) is 11.3 Å². The van der Waals surface area contributed by atoms with Gasteiger partial charge in [-0.25, -0.2) is 10.9 Å². The number of hydrogen-bond acceptors (Lipinski definition) is 4. The normalized spacial score (nSPS) is 10.3. The number of aryl methyl sites for hydroxylation is 2. The van der Waals surface area contributed by atoms with Crippen LogP contribution in [-0.2, 0) is 0 Å². The van der Waals surface area contributed by atoms with E-state index < -0.39 is 11.5 Å². The number of nitrogen functional groups attached to an aromatic ring is 1. The Morgan fingerprint density at radius 1 is 1.26 bits per heavy atom. The van der Waals surface area contributed by atoms with Gasteiger partial charge >= 0.3 is 0 Å². The molecule has 6 nitrogen and oxygen atoms in total. The number of aromatic amines is 1. The fourth-order valence-electron chi connectivity index (χ4n) is 1.70. The summed E-state index contributed by atoms with van der Waals surface area (Å²) in [6, 6.07) is 7.21. The van der Waals surface area contributed by atoms with Crippen LogP contribution in [0.2, 0.25) is 0 Å². The Bertz CT molecular complexity index is 691. The number of carbonyl (C=O) groups is 1. The summed E-state index contributed by atoms with van der Waals surface area (Å²) in [5.41, 5.74) is 4.90. The van der Waals surface area contributed by atoms with Gasteiger partial charge in [-0.15, -0.1) is 0 Å². The highest BCUT2D eigenvalue weighted by Crippen LogP contribution is 2.19. The van der Waals surface area contributed by atoms with Crippen molar-refractivity contribution in [2.75, 3.05) is 0 Å². The van der Waals surface area contributed by atoms with E-state index >= 15 is 0 Å². The third kappa shape index (κ3) is 2.53. The van der Waals surface area contributed by atoms with E-state index in [0.29, 0.717) is 5.69 Å². The van der Waals surface area contributed by atoms with Crippen molar-refractivity contribution in [2.24, 2.45) is 5.84 Å². The Hall–Kier alpha value is -2.47. The number of nitrogens with one attached hydrogen (secondary N) is 2. The van der Waals surface area contributed by atoms with E-state index in [-0.39, 0.29) is 5.56 Å². The Labute approximate surface area is 109 Å². The third-order valence-electron chi connectivity index (χ3n) is 2.98. The second-order valence-corrected chi connectivity index (χ2v) is 4.27. The van der Waals surface area contributed by atoms with Crippen molar-refractivity contribution in [3.05, 3.63) is 51.3 Å². The number of rotatable bonds is 2. The van der Waals surface area contributed by atoms with Gasteiger partial charge in [0.2, 0.25) is 0 Å². The molecule has 19 heavy (non-hydrogen) atoms. The molecule has 98 valence electrons. The minimum Gasteiger partial charge on any atom is -0.290 e. The van der Waals surface area contributed by atoms with Crippen molar-refractivity contribution in [3.63, 3.8) is 0 Å². The van der Waals surface area contributed by atoms with Crippen LogP contribution in [-0.4, -0.2) is 16.1 Å². The predicted molar refractivity (Wildman–Crippen MR) is 71.4 cm³/mol. The lowest BCUT2D eigenvalue weighted by Gasteiger charge is -2.05. The molecule has 1 heterocycles. The maximum absolute atomic E-state index is 11.5. The molecular formula is C13H14N4O2. The maximum atomic E-state index is 11.5. The molecule has 0 atom stereocenters. The molecule has 0 saturated heterocycles. The third-order valence-corrected chi connectivity index (χ3v) is 2.98. The molecule has 0 unspecified atom stereocenters. The molecule has 2 rings (SSSR count). The number of H-pyrrole nitrogens is 1. The van der Waals surface area contributed by atoms with Gasteiger partial charge in [0.1, 0.15) is 5.56 Å². The van der Waals surface area contributed by atoms with Crippen LogP contribution in [0.15, 0.2) is 29.1 Å². The number of amides is 1. The molecule has 0 saturated carbocycles. The van der Waals surface area contributed by atoms with Gasteiger partial charge in [-0.2, -0.15) is 5.10 Å². The van der Waals surface area contributed by atoms with E-state index in [0.717, 1.165) is 16.7 Å². The van der Waals surface area contributed by atoms with Gasteiger partial charge in [-0.1, -0.05) is 12.1 Å². The Balaban J connectivity index is 2.54. The van der Waals surface area contributed by atoms with Crippen LogP contribution < -0.4 is 16.8 Å². The highest BCUT2D eigenvalue weighted by atomic mass is 16.2. The highest BCUT2D eigenvalue weighted by molar-refractivity contribution is 5.94. The van der Waals surface area contributed by atoms with Crippen LogP contribution in [0.4, 0.5) is 0 Å². The second kappa shape index (κ2) is 5.03. The Kier molecular flexibility index (Phi) is 3.43. The molecule has 6 heteroatoms. The van der Waals surface area contributed by atoms with E-state index in [1.807, 2.05) is 37.5 Å². The van der Waals surface area contributed by atoms with Crippen molar-refractivity contribution >= 4 is 5.91 Å². The predicted octanol–water partition coefficient (Wildman–Crippen LogP) is 0.657. The fraction of sp³-hybridized carbons (Fsp3) is 0.154. The fourth-order valence-corrected chi connectivity index (χ4v) is 1.70. The zero-order chi connectivity index (χ0) is 14.0. The molecule has 2 aromatic rings. The summed E-state index contributed by atoms with van der Waals surface area (Å²) in [5, 5.41) is 6.23. The van der Waals surface area contributed by atoms with Crippen molar-refractivity contribution in [1.29, 1.82) is 0 Å². The van der Waals surface area contributed by atoms with Crippen LogP contribution in [0.3, 0.4) is 0 Å². The van der Waals surface area contributed by atoms with E-state index in [2.05, 4.69) is 10.2 Å². The van der Waals surface area contributed by atoms with Gasteiger partial charge < -0.3 is 0 Å². The first-order valence-corrected chi connectivity index (χ1v) is 5.71. The van der Waals surface area contributed by atoms with Gasteiger partial charge in [0, 0.05) is 5.56 Å². The number of benzene rings is 1. The molecule has 0 fully saturated rings. The quantitative estimate of drug-likeness (QED) is 0.418. The molecule has 0 aliphatic heterocycles. The number of nitrogens with zero attached hydrogens (tertiary/aromatic N) is 1. The van der Waals surface area contributed by atoms with Crippen LogP contribution in [0.5, 0.6) is 0 Å². The minimum absolute atomic E-state index is 0.0641. The lowest BCUT2D eigenvalue weighted by Crippen LogP contribution is -2.34. The van der Waals surface area contributed by atoms with Crippen molar-refractivity contribution in [1.82, 2.24) is 15.6 Å². The molecule has 0 radical (unpaired) electrons. The SMILES string of the molecule is Cc1ccc(-c2cc(C(=O)NN)c(=O)[nH]n2)cc1C. The zero-order valence-corrected chi connectivity index (χ0v) is 10.7. The largest absolute Gasteiger partial charge is 0.290 e. The van der Waals surface area contributed by atoms with Gasteiger partial charge in [0.05, 0.1) is 5.69 Å². The molecule has 0 aliphatic carbocycles. The molecule has 0 bridgehead atoms. The smallest absolute Gasteiger partial charge is 0.277 e. The Morgan fingerprint density at radius 3 is 2.63 bits per heavy atom. The summed E-state index contributed by atoms with van der Waals surface area (Å²) < 4.78 is 0. The van der Waals surface area contributed by atoms with Crippen LogP contribution in [0, 0.1) is 13.8 Å². The summed E-state index contributed by atoms with van der Waals surface area (Å²) >= 11 is 0. The number of nitrogens with two attached hydrogens (primary N) is 1. The van der Waals surface area contributed by atoms with Crippen molar-refractivity contribution in [3.8, 4) is 11.3 Å².